The van der Waals surface area contributed by atoms with Crippen LogP contribution in [0.1, 0.15) is 11.1 Å². The Hall–Kier alpha value is -3.87. The highest BCUT2D eigenvalue weighted by molar-refractivity contribution is 7.95. The van der Waals surface area contributed by atoms with Gasteiger partial charge in [-0.1, -0.05) is 91.0 Å². The molecule has 0 bridgehead atoms. The fourth-order valence-corrected chi connectivity index (χ4v) is 8.94. The summed E-state index contributed by atoms with van der Waals surface area (Å²) < 4.78 is 11.9. The largest absolute Gasteiger partial charge is 0.493 e. The van der Waals surface area contributed by atoms with Crippen molar-refractivity contribution in [1.82, 2.24) is 0 Å². The molecule has 178 valence electrons. The third kappa shape index (κ3) is 5.05. The molecular formula is C33H30O2P+. The van der Waals surface area contributed by atoms with Gasteiger partial charge in [-0.05, 0) is 59.7 Å². The normalized spacial score (nSPS) is 11.1. The van der Waals surface area contributed by atoms with Crippen LogP contribution in [-0.4, -0.2) is 7.11 Å². The highest BCUT2D eigenvalue weighted by Crippen LogP contribution is 2.58. The summed E-state index contributed by atoms with van der Waals surface area (Å²) in [7, 11) is -0.269. The number of ether oxygens (including phenoxy) is 2. The highest BCUT2D eigenvalue weighted by Gasteiger charge is 2.45. The molecule has 0 spiro atoms. The first kappa shape index (κ1) is 23.9. The third-order valence-corrected chi connectivity index (χ3v) is 10.9. The van der Waals surface area contributed by atoms with Gasteiger partial charge in [-0.25, -0.2) is 0 Å². The standard InChI is InChI=1S/C33H30O2P/c1-34-33-24-28(22-23-32(33)35-25-27-14-6-2-7-15-27)26-36(29-16-8-3-9-17-29,30-18-10-4-11-19-30)31-20-12-5-13-21-31/h2-24H,25-26H2,1H3/q+1. The lowest BCUT2D eigenvalue weighted by atomic mass is 10.2. The van der Waals surface area contributed by atoms with Gasteiger partial charge in [0.05, 0.1) is 13.3 Å². The molecule has 0 atom stereocenters. The maximum Gasteiger partial charge on any atom is 0.161 e. The second-order valence-electron chi connectivity index (χ2n) is 8.73. The minimum absolute atomic E-state index is 0.505. The van der Waals surface area contributed by atoms with E-state index in [0.29, 0.717) is 6.61 Å². The summed E-state index contributed by atoms with van der Waals surface area (Å²) in [5.41, 5.74) is 2.36. The molecule has 0 fully saturated rings. The summed E-state index contributed by atoms with van der Waals surface area (Å²) >= 11 is 0. The smallest absolute Gasteiger partial charge is 0.161 e. The highest BCUT2D eigenvalue weighted by atomic mass is 31.2. The van der Waals surface area contributed by atoms with Crippen molar-refractivity contribution in [2.75, 3.05) is 7.11 Å². The van der Waals surface area contributed by atoms with E-state index in [2.05, 4.69) is 115 Å². The van der Waals surface area contributed by atoms with Crippen LogP contribution in [0, 0.1) is 0 Å². The minimum atomic E-state index is -1.98. The second-order valence-corrected chi connectivity index (χ2v) is 12.2. The maximum atomic E-state index is 6.14. The minimum Gasteiger partial charge on any atom is -0.493 e. The zero-order valence-corrected chi connectivity index (χ0v) is 21.4. The molecule has 0 saturated heterocycles. The van der Waals surface area contributed by atoms with Crippen molar-refractivity contribution < 1.29 is 9.47 Å². The van der Waals surface area contributed by atoms with Crippen molar-refractivity contribution in [3.63, 3.8) is 0 Å². The number of rotatable bonds is 9. The van der Waals surface area contributed by atoms with Crippen LogP contribution in [0.15, 0.2) is 140 Å². The summed E-state index contributed by atoms with van der Waals surface area (Å²) in [6, 6.07) is 49.4. The first-order valence-corrected chi connectivity index (χ1v) is 14.2. The van der Waals surface area contributed by atoms with Crippen molar-refractivity contribution in [3.05, 3.63) is 151 Å². The monoisotopic (exact) mass is 489 g/mol. The number of benzene rings is 5. The Morgan fingerprint density at radius 1 is 0.500 bits per heavy atom. The molecule has 0 radical (unpaired) electrons. The topological polar surface area (TPSA) is 18.5 Å². The van der Waals surface area contributed by atoms with Crippen molar-refractivity contribution in [3.8, 4) is 11.5 Å². The fraction of sp³-hybridized carbons (Fsp3) is 0.0909. The van der Waals surface area contributed by atoms with Gasteiger partial charge in [0.2, 0.25) is 0 Å². The molecule has 3 heteroatoms. The molecular weight excluding hydrogens is 459 g/mol. The van der Waals surface area contributed by atoms with Crippen LogP contribution in [0.4, 0.5) is 0 Å². The Bertz CT molecular complexity index is 1270. The predicted molar refractivity (Wildman–Crippen MR) is 153 cm³/mol. The van der Waals surface area contributed by atoms with Gasteiger partial charge >= 0.3 is 0 Å². The van der Waals surface area contributed by atoms with E-state index >= 15 is 0 Å². The molecule has 0 aliphatic rings. The van der Waals surface area contributed by atoms with E-state index in [4.69, 9.17) is 9.47 Å². The summed E-state index contributed by atoms with van der Waals surface area (Å²) in [5.74, 6) is 1.52. The fourth-order valence-electron chi connectivity index (χ4n) is 4.71. The van der Waals surface area contributed by atoms with Gasteiger partial charge in [-0.15, -0.1) is 0 Å². The Labute approximate surface area is 214 Å². The second kappa shape index (κ2) is 11.2. The molecule has 5 aromatic carbocycles. The summed E-state index contributed by atoms with van der Waals surface area (Å²) in [4.78, 5) is 0. The van der Waals surface area contributed by atoms with Crippen LogP contribution in [0.25, 0.3) is 0 Å². The molecule has 5 aromatic rings. The Morgan fingerprint density at radius 3 is 1.44 bits per heavy atom. The molecule has 0 saturated carbocycles. The molecule has 0 aliphatic heterocycles. The summed E-state index contributed by atoms with van der Waals surface area (Å²) in [6.07, 6.45) is 0.889. The van der Waals surface area contributed by atoms with Gasteiger partial charge in [-0.3, -0.25) is 0 Å². The lowest BCUT2D eigenvalue weighted by Gasteiger charge is -2.28. The van der Waals surface area contributed by atoms with Crippen LogP contribution in [0.5, 0.6) is 11.5 Å². The van der Waals surface area contributed by atoms with Gasteiger partial charge in [0.1, 0.15) is 29.8 Å². The van der Waals surface area contributed by atoms with E-state index in [-0.39, 0.29) is 0 Å². The molecule has 5 rings (SSSR count). The van der Waals surface area contributed by atoms with Crippen LogP contribution < -0.4 is 25.4 Å². The molecule has 0 heterocycles. The lowest BCUT2D eigenvalue weighted by molar-refractivity contribution is 0.284. The van der Waals surface area contributed by atoms with Crippen LogP contribution in [0.3, 0.4) is 0 Å². The van der Waals surface area contributed by atoms with Crippen molar-refractivity contribution in [1.29, 1.82) is 0 Å². The Kier molecular flexibility index (Phi) is 7.45. The van der Waals surface area contributed by atoms with E-state index in [1.165, 1.54) is 21.5 Å². The van der Waals surface area contributed by atoms with Gasteiger partial charge in [0.25, 0.3) is 0 Å². The quantitative estimate of drug-likeness (QED) is 0.213. The maximum absolute atomic E-state index is 6.14. The average molecular weight is 490 g/mol. The van der Waals surface area contributed by atoms with Crippen LogP contribution in [0.2, 0.25) is 0 Å². The molecule has 0 amide bonds. The van der Waals surface area contributed by atoms with Gasteiger partial charge in [0, 0.05) is 0 Å². The van der Waals surface area contributed by atoms with Crippen molar-refractivity contribution in [2.45, 2.75) is 12.8 Å². The first-order chi connectivity index (χ1) is 17.8. The zero-order chi connectivity index (χ0) is 24.6. The number of methoxy groups -OCH3 is 1. The Balaban J connectivity index is 1.57. The van der Waals surface area contributed by atoms with Gasteiger partial charge in [-0.2, -0.15) is 0 Å². The number of hydrogen-bond donors (Lipinski definition) is 0. The Morgan fingerprint density at radius 2 is 0.972 bits per heavy atom. The summed E-state index contributed by atoms with van der Waals surface area (Å²) in [6.45, 7) is 0.505. The first-order valence-electron chi connectivity index (χ1n) is 12.2. The van der Waals surface area contributed by atoms with E-state index in [1.54, 1.807) is 7.11 Å². The SMILES string of the molecule is COc1cc(C[P+](c2ccccc2)(c2ccccc2)c2ccccc2)ccc1OCc1ccccc1. The van der Waals surface area contributed by atoms with E-state index in [9.17, 15) is 0 Å². The molecule has 0 aromatic heterocycles. The lowest BCUT2D eigenvalue weighted by Crippen LogP contribution is -2.32. The van der Waals surface area contributed by atoms with Crippen LogP contribution in [-0.2, 0) is 12.8 Å². The van der Waals surface area contributed by atoms with E-state index in [0.717, 1.165) is 23.2 Å². The number of hydrogen-bond acceptors (Lipinski definition) is 2. The molecule has 0 N–H and O–H groups in total. The predicted octanol–water partition coefficient (Wildman–Crippen LogP) is 6.77. The molecule has 2 nitrogen and oxygen atoms in total. The summed E-state index contributed by atoms with van der Waals surface area (Å²) in [5, 5.41) is 4.10. The average Bonchev–Trinajstić information content (AvgIpc) is 2.97. The van der Waals surface area contributed by atoms with Crippen molar-refractivity contribution >= 4 is 23.2 Å². The van der Waals surface area contributed by atoms with E-state index < -0.39 is 7.26 Å². The molecule has 0 unspecified atom stereocenters. The zero-order valence-electron chi connectivity index (χ0n) is 20.5. The van der Waals surface area contributed by atoms with E-state index in [1.807, 2.05) is 24.3 Å². The van der Waals surface area contributed by atoms with Crippen molar-refractivity contribution in [2.24, 2.45) is 0 Å². The molecule has 36 heavy (non-hydrogen) atoms. The third-order valence-electron chi connectivity index (χ3n) is 6.48. The van der Waals surface area contributed by atoms with Crippen LogP contribution >= 0.6 is 7.26 Å². The van der Waals surface area contributed by atoms with Gasteiger partial charge < -0.3 is 9.47 Å². The van der Waals surface area contributed by atoms with Gasteiger partial charge in [0.15, 0.2) is 11.5 Å². The molecule has 0 aliphatic carbocycles.